The molecule has 1 aromatic rings. The lowest BCUT2D eigenvalue weighted by Crippen LogP contribution is -2.13. The molecule has 1 rings (SSSR count). The minimum atomic E-state index is 0.786. The van der Waals surface area contributed by atoms with E-state index in [4.69, 9.17) is 0 Å². The average molecular weight is 230 g/mol. The molecule has 0 saturated heterocycles. The number of hydrogen-bond donors (Lipinski definition) is 0. The van der Waals surface area contributed by atoms with E-state index in [2.05, 4.69) is 25.9 Å². The smallest absolute Gasteiger partial charge is 0.142 e. The maximum Gasteiger partial charge on any atom is 0.142 e. The van der Waals surface area contributed by atoms with Crippen molar-refractivity contribution in [3.05, 3.63) is 22.2 Å². The van der Waals surface area contributed by atoms with E-state index >= 15 is 0 Å². The second-order valence-electron chi connectivity index (χ2n) is 2.96. The van der Waals surface area contributed by atoms with Crippen molar-refractivity contribution in [2.45, 2.75) is 13.5 Å². The lowest BCUT2D eigenvalue weighted by Gasteiger charge is -2.08. The third-order valence-electron chi connectivity index (χ3n) is 1.43. The molecule has 0 N–H and O–H groups in total. The summed E-state index contributed by atoms with van der Waals surface area (Å²) in [5.41, 5.74) is 0.988. The molecule has 0 saturated carbocycles. The van der Waals surface area contributed by atoms with Gasteiger partial charge in [0.25, 0.3) is 0 Å². The Morgan fingerprint density at radius 3 is 2.67 bits per heavy atom. The van der Waals surface area contributed by atoms with E-state index in [9.17, 15) is 0 Å². The summed E-state index contributed by atoms with van der Waals surface area (Å²) in [7, 11) is 4.00. The van der Waals surface area contributed by atoms with Gasteiger partial charge in [0.15, 0.2) is 0 Å². The normalized spacial score (nSPS) is 10.8. The van der Waals surface area contributed by atoms with Crippen molar-refractivity contribution in [1.29, 1.82) is 0 Å². The van der Waals surface area contributed by atoms with E-state index in [0.29, 0.717) is 0 Å². The predicted molar refractivity (Wildman–Crippen MR) is 51.9 cm³/mol. The van der Waals surface area contributed by atoms with Crippen LogP contribution in [0.2, 0.25) is 0 Å². The molecule has 3 nitrogen and oxygen atoms in total. The molecule has 0 unspecified atom stereocenters. The number of hydrogen-bond acceptors (Lipinski definition) is 3. The molecule has 0 aromatic carbocycles. The highest BCUT2D eigenvalue weighted by molar-refractivity contribution is 9.10. The summed E-state index contributed by atoms with van der Waals surface area (Å²) in [5.74, 6) is 0.862. The third-order valence-corrected chi connectivity index (χ3v) is 2.21. The van der Waals surface area contributed by atoms with Gasteiger partial charge in [-0.2, -0.15) is 0 Å². The first-order valence-corrected chi connectivity index (χ1v) is 4.51. The summed E-state index contributed by atoms with van der Waals surface area (Å²) in [5, 5.41) is 0. The lowest BCUT2D eigenvalue weighted by atomic mass is 10.4. The molecule has 1 heterocycles. The molecule has 1 aromatic heterocycles. The van der Waals surface area contributed by atoms with Crippen molar-refractivity contribution in [2.24, 2.45) is 0 Å². The van der Waals surface area contributed by atoms with Crippen LogP contribution in [0.15, 0.2) is 10.7 Å². The van der Waals surface area contributed by atoms with Crippen LogP contribution < -0.4 is 0 Å². The summed E-state index contributed by atoms with van der Waals surface area (Å²) >= 11 is 3.36. The number of nitrogens with zero attached hydrogens (tertiary/aromatic N) is 3. The van der Waals surface area contributed by atoms with Gasteiger partial charge >= 0.3 is 0 Å². The fraction of sp³-hybridized carbons (Fsp3) is 0.500. The van der Waals surface area contributed by atoms with Crippen molar-refractivity contribution in [3.63, 3.8) is 0 Å². The van der Waals surface area contributed by atoms with Gasteiger partial charge in [-0.15, -0.1) is 0 Å². The average Bonchev–Trinajstić information content (AvgIpc) is 1.96. The lowest BCUT2D eigenvalue weighted by molar-refractivity contribution is 0.389. The van der Waals surface area contributed by atoms with Gasteiger partial charge in [-0.05, 0) is 36.9 Å². The molecule has 0 amide bonds. The van der Waals surface area contributed by atoms with Crippen molar-refractivity contribution in [3.8, 4) is 0 Å². The zero-order valence-electron chi connectivity index (χ0n) is 7.50. The molecular formula is C8H12BrN3. The van der Waals surface area contributed by atoms with E-state index in [1.54, 1.807) is 6.20 Å². The highest BCUT2D eigenvalue weighted by atomic mass is 79.9. The van der Waals surface area contributed by atoms with Gasteiger partial charge in [-0.1, -0.05) is 0 Å². The summed E-state index contributed by atoms with van der Waals surface area (Å²) in [6.45, 7) is 2.75. The molecule has 0 radical (unpaired) electrons. The number of halogens is 1. The second kappa shape index (κ2) is 3.96. The first-order valence-electron chi connectivity index (χ1n) is 3.72. The van der Waals surface area contributed by atoms with Crippen molar-refractivity contribution in [1.82, 2.24) is 14.9 Å². The van der Waals surface area contributed by atoms with Crippen LogP contribution in [0.4, 0.5) is 0 Å². The molecule has 0 aliphatic rings. The number of rotatable bonds is 2. The van der Waals surface area contributed by atoms with Gasteiger partial charge in [-0.25, -0.2) is 9.97 Å². The van der Waals surface area contributed by atoms with Gasteiger partial charge in [0.2, 0.25) is 0 Å². The first kappa shape index (κ1) is 9.61. The van der Waals surface area contributed by atoms with Gasteiger partial charge in [0.05, 0.1) is 16.7 Å². The topological polar surface area (TPSA) is 29.0 Å². The Labute approximate surface area is 81.0 Å². The Bertz CT molecular complexity index is 273. The van der Waals surface area contributed by atoms with E-state index in [-0.39, 0.29) is 0 Å². The minimum Gasteiger partial charge on any atom is -0.302 e. The Hall–Kier alpha value is -0.480. The molecule has 0 fully saturated rings. The Morgan fingerprint density at radius 1 is 1.50 bits per heavy atom. The number of aromatic nitrogens is 2. The molecule has 0 aliphatic carbocycles. The van der Waals surface area contributed by atoms with Crippen LogP contribution in [-0.4, -0.2) is 29.0 Å². The zero-order chi connectivity index (χ0) is 9.14. The van der Waals surface area contributed by atoms with Gasteiger partial charge in [0, 0.05) is 6.20 Å². The van der Waals surface area contributed by atoms with Gasteiger partial charge in [-0.3, -0.25) is 0 Å². The van der Waals surface area contributed by atoms with Gasteiger partial charge < -0.3 is 4.90 Å². The van der Waals surface area contributed by atoms with E-state index in [0.717, 1.165) is 22.5 Å². The highest BCUT2D eigenvalue weighted by Gasteiger charge is 2.01. The van der Waals surface area contributed by atoms with E-state index in [1.165, 1.54) is 0 Å². The molecule has 12 heavy (non-hydrogen) atoms. The molecule has 0 atom stereocenters. The van der Waals surface area contributed by atoms with Crippen LogP contribution in [0.3, 0.4) is 0 Å². The molecule has 0 aliphatic heterocycles. The number of aryl methyl sites for hydroxylation is 1. The largest absolute Gasteiger partial charge is 0.302 e. The van der Waals surface area contributed by atoms with E-state index in [1.807, 2.05) is 25.9 Å². The fourth-order valence-electron chi connectivity index (χ4n) is 0.859. The standard InChI is InChI=1S/C8H12BrN3/c1-6-7(9)4-10-8(11-6)5-12(2)3/h4H,5H2,1-3H3. The first-order chi connectivity index (χ1) is 5.59. The maximum atomic E-state index is 4.31. The summed E-state index contributed by atoms with van der Waals surface area (Å²) in [6.07, 6.45) is 1.79. The highest BCUT2D eigenvalue weighted by Crippen LogP contribution is 2.11. The summed E-state index contributed by atoms with van der Waals surface area (Å²) < 4.78 is 0.963. The molecule has 0 bridgehead atoms. The Balaban J connectivity index is 2.82. The predicted octanol–water partition coefficient (Wildman–Crippen LogP) is 1.61. The Morgan fingerprint density at radius 2 is 2.17 bits per heavy atom. The SMILES string of the molecule is Cc1nc(CN(C)C)ncc1Br. The molecule has 0 spiro atoms. The van der Waals surface area contributed by atoms with Crippen LogP contribution in [0, 0.1) is 6.92 Å². The van der Waals surface area contributed by atoms with Crippen LogP contribution in [0.1, 0.15) is 11.5 Å². The molecule has 66 valence electrons. The van der Waals surface area contributed by atoms with Crippen LogP contribution in [0.25, 0.3) is 0 Å². The van der Waals surface area contributed by atoms with Crippen molar-refractivity contribution in [2.75, 3.05) is 14.1 Å². The van der Waals surface area contributed by atoms with E-state index < -0.39 is 0 Å². The quantitative estimate of drug-likeness (QED) is 0.772. The van der Waals surface area contributed by atoms with Crippen molar-refractivity contribution >= 4 is 15.9 Å². The monoisotopic (exact) mass is 229 g/mol. The van der Waals surface area contributed by atoms with Crippen LogP contribution in [0.5, 0.6) is 0 Å². The van der Waals surface area contributed by atoms with Crippen molar-refractivity contribution < 1.29 is 0 Å². The zero-order valence-corrected chi connectivity index (χ0v) is 9.09. The minimum absolute atomic E-state index is 0.786. The van der Waals surface area contributed by atoms with Gasteiger partial charge in [0.1, 0.15) is 5.82 Å². The molecular weight excluding hydrogens is 218 g/mol. The summed E-state index contributed by atoms with van der Waals surface area (Å²) in [4.78, 5) is 10.5. The fourth-order valence-corrected chi connectivity index (χ4v) is 1.05. The summed E-state index contributed by atoms with van der Waals surface area (Å²) in [6, 6.07) is 0. The van der Waals surface area contributed by atoms with Crippen LogP contribution in [-0.2, 0) is 6.54 Å². The molecule has 4 heteroatoms. The van der Waals surface area contributed by atoms with Crippen LogP contribution >= 0.6 is 15.9 Å². The second-order valence-corrected chi connectivity index (χ2v) is 3.81. The Kier molecular flexibility index (Phi) is 3.17. The third kappa shape index (κ3) is 2.53. The maximum absolute atomic E-state index is 4.31.